The molecule has 0 aliphatic rings. The number of rotatable bonds is 4. The largest absolute Gasteiger partial charge is 0.394 e. The zero-order valence-electron chi connectivity index (χ0n) is 9.18. The molecule has 0 saturated carbocycles. The average molecular weight is 232 g/mol. The van der Waals surface area contributed by atoms with Gasteiger partial charge in [0.05, 0.1) is 12.6 Å². The fraction of sp³-hybridized carbons (Fsp3) is 0.154. The lowest BCUT2D eigenvalue weighted by Crippen LogP contribution is -2.14. The van der Waals surface area contributed by atoms with Gasteiger partial charge >= 0.3 is 0 Å². The summed E-state index contributed by atoms with van der Waals surface area (Å²) < 4.78 is 12.7. The normalized spacial score (nSPS) is 12.1. The van der Waals surface area contributed by atoms with Gasteiger partial charge in [-0.25, -0.2) is 4.39 Å². The summed E-state index contributed by atoms with van der Waals surface area (Å²) in [6.45, 7) is -0.0525. The smallest absolute Gasteiger partial charge is 0.123 e. The quantitative estimate of drug-likeness (QED) is 0.850. The van der Waals surface area contributed by atoms with Crippen LogP contribution in [0.3, 0.4) is 0 Å². The fourth-order valence-corrected chi connectivity index (χ4v) is 1.56. The molecule has 88 valence electrons. The predicted octanol–water partition coefficient (Wildman–Crippen LogP) is 2.37. The van der Waals surface area contributed by atoms with Crippen molar-refractivity contribution >= 4 is 5.69 Å². The molecule has 1 heterocycles. The standard InChI is InChI=1S/C13H13FN2O/c14-11-3-5-12(6-4-11)16-13(9-17)10-2-1-7-15-8-10/h1-8,13,16-17H,9H2. The van der Waals surface area contributed by atoms with E-state index in [0.29, 0.717) is 0 Å². The first-order valence-electron chi connectivity index (χ1n) is 5.32. The number of benzene rings is 1. The predicted molar refractivity (Wildman–Crippen MR) is 64.1 cm³/mol. The first-order chi connectivity index (χ1) is 8.29. The minimum absolute atomic E-state index is 0.0525. The van der Waals surface area contributed by atoms with Gasteiger partial charge in [0, 0.05) is 18.1 Å². The summed E-state index contributed by atoms with van der Waals surface area (Å²) in [4.78, 5) is 4.00. The Morgan fingerprint density at radius 3 is 2.59 bits per heavy atom. The third kappa shape index (κ3) is 3.01. The zero-order chi connectivity index (χ0) is 12.1. The van der Waals surface area contributed by atoms with Crippen LogP contribution in [-0.4, -0.2) is 16.7 Å². The summed E-state index contributed by atoms with van der Waals surface area (Å²) in [6, 6.07) is 9.46. The molecule has 0 fully saturated rings. The van der Waals surface area contributed by atoms with Crippen molar-refractivity contribution in [3.8, 4) is 0 Å². The van der Waals surface area contributed by atoms with Crippen molar-refractivity contribution in [1.29, 1.82) is 0 Å². The van der Waals surface area contributed by atoms with Gasteiger partial charge in [-0.05, 0) is 35.9 Å². The second-order valence-electron chi connectivity index (χ2n) is 3.67. The number of aliphatic hydroxyl groups excluding tert-OH is 1. The third-order valence-corrected chi connectivity index (χ3v) is 2.45. The van der Waals surface area contributed by atoms with Gasteiger partial charge in [0.25, 0.3) is 0 Å². The molecule has 0 radical (unpaired) electrons. The van der Waals surface area contributed by atoms with Crippen LogP contribution < -0.4 is 5.32 Å². The number of hydrogen-bond acceptors (Lipinski definition) is 3. The van der Waals surface area contributed by atoms with E-state index in [1.54, 1.807) is 24.5 Å². The van der Waals surface area contributed by atoms with E-state index >= 15 is 0 Å². The van der Waals surface area contributed by atoms with Crippen LogP contribution in [0.15, 0.2) is 48.8 Å². The van der Waals surface area contributed by atoms with E-state index in [1.807, 2.05) is 12.1 Å². The maximum Gasteiger partial charge on any atom is 0.123 e. The molecule has 0 spiro atoms. The second-order valence-corrected chi connectivity index (χ2v) is 3.67. The molecule has 0 bridgehead atoms. The molecule has 1 unspecified atom stereocenters. The molecular formula is C13H13FN2O. The van der Waals surface area contributed by atoms with Gasteiger partial charge in [0.2, 0.25) is 0 Å². The average Bonchev–Trinajstić information content (AvgIpc) is 2.39. The molecule has 17 heavy (non-hydrogen) atoms. The van der Waals surface area contributed by atoms with Crippen LogP contribution >= 0.6 is 0 Å². The number of pyridine rings is 1. The SMILES string of the molecule is OCC(Nc1ccc(F)cc1)c1cccnc1. The summed E-state index contributed by atoms with van der Waals surface area (Å²) >= 11 is 0. The first-order valence-corrected chi connectivity index (χ1v) is 5.32. The molecule has 4 heteroatoms. The highest BCUT2D eigenvalue weighted by Crippen LogP contribution is 2.18. The van der Waals surface area contributed by atoms with Crippen molar-refractivity contribution in [2.75, 3.05) is 11.9 Å². The van der Waals surface area contributed by atoms with Crippen molar-refractivity contribution < 1.29 is 9.50 Å². The Hall–Kier alpha value is -1.94. The number of nitrogens with zero attached hydrogens (tertiary/aromatic N) is 1. The molecule has 0 saturated heterocycles. The summed E-state index contributed by atoms with van der Waals surface area (Å²) in [5.41, 5.74) is 1.65. The molecule has 0 amide bonds. The van der Waals surface area contributed by atoms with E-state index in [-0.39, 0.29) is 18.5 Å². The Morgan fingerprint density at radius 1 is 1.24 bits per heavy atom. The van der Waals surface area contributed by atoms with Crippen molar-refractivity contribution in [3.63, 3.8) is 0 Å². The minimum Gasteiger partial charge on any atom is -0.394 e. The summed E-state index contributed by atoms with van der Waals surface area (Å²) in [5, 5.41) is 12.4. The molecule has 1 atom stereocenters. The van der Waals surface area contributed by atoms with Crippen LogP contribution in [0.4, 0.5) is 10.1 Å². The van der Waals surface area contributed by atoms with Crippen molar-refractivity contribution in [2.24, 2.45) is 0 Å². The topological polar surface area (TPSA) is 45.1 Å². The number of aromatic nitrogens is 1. The lowest BCUT2D eigenvalue weighted by atomic mass is 10.1. The Bertz CT molecular complexity index is 459. The highest BCUT2D eigenvalue weighted by Gasteiger charge is 2.09. The minimum atomic E-state index is -0.280. The van der Waals surface area contributed by atoms with Crippen LogP contribution in [0.2, 0.25) is 0 Å². The number of nitrogens with one attached hydrogen (secondary N) is 1. The summed E-state index contributed by atoms with van der Waals surface area (Å²) in [6.07, 6.45) is 3.37. The van der Waals surface area contributed by atoms with Gasteiger partial charge in [0.15, 0.2) is 0 Å². The number of halogens is 1. The second kappa shape index (κ2) is 5.41. The van der Waals surface area contributed by atoms with Gasteiger partial charge in [-0.15, -0.1) is 0 Å². The van der Waals surface area contributed by atoms with Crippen LogP contribution in [0, 0.1) is 5.82 Å². The van der Waals surface area contributed by atoms with Crippen molar-refractivity contribution in [2.45, 2.75) is 6.04 Å². The summed E-state index contributed by atoms with van der Waals surface area (Å²) in [5.74, 6) is -0.280. The van der Waals surface area contributed by atoms with Gasteiger partial charge in [-0.3, -0.25) is 4.98 Å². The zero-order valence-corrected chi connectivity index (χ0v) is 9.18. The monoisotopic (exact) mass is 232 g/mol. The maximum atomic E-state index is 12.7. The summed E-state index contributed by atoms with van der Waals surface area (Å²) in [7, 11) is 0. The molecule has 0 aliphatic carbocycles. The molecular weight excluding hydrogens is 219 g/mol. The van der Waals surface area contributed by atoms with Gasteiger partial charge in [-0.1, -0.05) is 6.07 Å². The van der Waals surface area contributed by atoms with Crippen molar-refractivity contribution in [1.82, 2.24) is 4.98 Å². The lowest BCUT2D eigenvalue weighted by Gasteiger charge is -2.17. The van der Waals surface area contributed by atoms with Crippen LogP contribution in [0.1, 0.15) is 11.6 Å². The molecule has 2 rings (SSSR count). The van der Waals surface area contributed by atoms with E-state index in [4.69, 9.17) is 0 Å². The Labute approximate surface area is 98.9 Å². The molecule has 2 aromatic rings. The van der Waals surface area contributed by atoms with E-state index < -0.39 is 0 Å². The van der Waals surface area contributed by atoms with E-state index in [0.717, 1.165) is 11.3 Å². The highest BCUT2D eigenvalue weighted by atomic mass is 19.1. The van der Waals surface area contributed by atoms with Gasteiger partial charge in [-0.2, -0.15) is 0 Å². The van der Waals surface area contributed by atoms with E-state index in [1.165, 1.54) is 12.1 Å². The number of aliphatic hydroxyl groups is 1. The van der Waals surface area contributed by atoms with Gasteiger partial charge in [0.1, 0.15) is 5.82 Å². The molecule has 2 N–H and O–H groups in total. The molecule has 3 nitrogen and oxygen atoms in total. The molecule has 0 aliphatic heterocycles. The third-order valence-electron chi connectivity index (χ3n) is 2.45. The van der Waals surface area contributed by atoms with Crippen LogP contribution in [0.25, 0.3) is 0 Å². The van der Waals surface area contributed by atoms with Crippen LogP contribution in [-0.2, 0) is 0 Å². The maximum absolute atomic E-state index is 12.7. The van der Waals surface area contributed by atoms with E-state index in [9.17, 15) is 9.50 Å². The number of hydrogen-bond donors (Lipinski definition) is 2. The first kappa shape index (κ1) is 11.5. The Balaban J connectivity index is 2.13. The lowest BCUT2D eigenvalue weighted by molar-refractivity contribution is 0.276. The number of anilines is 1. The van der Waals surface area contributed by atoms with E-state index in [2.05, 4.69) is 10.3 Å². The fourth-order valence-electron chi connectivity index (χ4n) is 1.56. The Kier molecular flexibility index (Phi) is 3.67. The molecule has 1 aromatic heterocycles. The molecule has 1 aromatic carbocycles. The Morgan fingerprint density at radius 2 is 2.00 bits per heavy atom. The highest BCUT2D eigenvalue weighted by molar-refractivity contribution is 5.45. The van der Waals surface area contributed by atoms with Crippen molar-refractivity contribution in [3.05, 3.63) is 60.2 Å². The van der Waals surface area contributed by atoms with Gasteiger partial charge < -0.3 is 10.4 Å². The van der Waals surface area contributed by atoms with Crippen LogP contribution in [0.5, 0.6) is 0 Å².